The summed E-state index contributed by atoms with van der Waals surface area (Å²) in [7, 11) is 0. The van der Waals surface area contributed by atoms with Crippen LogP contribution >= 0.6 is 11.3 Å². The Morgan fingerprint density at radius 3 is 2.77 bits per heavy atom. The monoisotopic (exact) mass is 373 g/mol. The summed E-state index contributed by atoms with van der Waals surface area (Å²) in [5.74, 6) is -0.201. The molecule has 1 amide bonds. The first kappa shape index (κ1) is 18.5. The van der Waals surface area contributed by atoms with E-state index in [1.54, 1.807) is 24.3 Å². The summed E-state index contributed by atoms with van der Waals surface area (Å²) in [4.78, 5) is 31.2. The third-order valence-electron chi connectivity index (χ3n) is 4.45. The van der Waals surface area contributed by atoms with Gasteiger partial charge in [-0.05, 0) is 50.6 Å². The maximum atomic E-state index is 12.3. The maximum absolute atomic E-state index is 12.3. The van der Waals surface area contributed by atoms with Crippen LogP contribution in [0.3, 0.4) is 0 Å². The third kappa shape index (κ3) is 4.89. The van der Waals surface area contributed by atoms with Crippen molar-refractivity contribution < 1.29 is 14.3 Å². The fourth-order valence-corrected chi connectivity index (χ4v) is 3.87. The highest BCUT2D eigenvalue weighted by Gasteiger charge is 2.19. The number of ether oxygens (including phenoxy) is 1. The Labute approximate surface area is 157 Å². The number of rotatable bonds is 5. The van der Waals surface area contributed by atoms with Crippen molar-refractivity contribution in [1.82, 2.24) is 9.88 Å². The first-order chi connectivity index (χ1) is 12.5. The molecule has 138 valence electrons. The Kier molecular flexibility index (Phi) is 6.00. The Hall–Kier alpha value is -2.25. The number of hydrogen-bond acceptors (Lipinski definition) is 6. The Morgan fingerprint density at radius 1 is 1.31 bits per heavy atom. The Balaban J connectivity index is 1.58. The second-order valence-corrected chi connectivity index (χ2v) is 7.63. The van der Waals surface area contributed by atoms with Gasteiger partial charge in [-0.25, -0.2) is 4.98 Å². The molecule has 2 aromatic rings. The Bertz CT molecular complexity index is 773. The van der Waals surface area contributed by atoms with Crippen LogP contribution in [-0.2, 0) is 11.3 Å². The largest absolute Gasteiger partial charge is 0.427 e. The molecule has 1 unspecified atom stereocenters. The normalized spacial score (nSPS) is 17.7. The summed E-state index contributed by atoms with van der Waals surface area (Å²) >= 11 is 1.51. The molecule has 1 saturated heterocycles. The molecule has 0 aliphatic carbocycles. The number of benzene rings is 1. The second kappa shape index (κ2) is 8.42. The lowest BCUT2D eigenvalue weighted by Crippen LogP contribution is -2.36. The zero-order valence-corrected chi connectivity index (χ0v) is 15.8. The van der Waals surface area contributed by atoms with Crippen molar-refractivity contribution >= 4 is 28.3 Å². The molecule has 7 heteroatoms. The van der Waals surface area contributed by atoms with E-state index in [1.165, 1.54) is 37.5 Å². The molecule has 1 aliphatic rings. The van der Waals surface area contributed by atoms with Gasteiger partial charge in [-0.1, -0.05) is 6.42 Å². The first-order valence-corrected chi connectivity index (χ1v) is 9.61. The van der Waals surface area contributed by atoms with Crippen LogP contribution < -0.4 is 10.1 Å². The number of amides is 1. The molecule has 1 N–H and O–H groups in total. The maximum Gasteiger partial charge on any atom is 0.308 e. The van der Waals surface area contributed by atoms with Gasteiger partial charge in [-0.15, -0.1) is 11.3 Å². The van der Waals surface area contributed by atoms with Crippen LogP contribution in [-0.4, -0.2) is 34.3 Å². The predicted octanol–water partition coefficient (Wildman–Crippen LogP) is 3.70. The van der Waals surface area contributed by atoms with E-state index in [2.05, 4.69) is 22.1 Å². The first-order valence-electron chi connectivity index (χ1n) is 8.80. The van der Waals surface area contributed by atoms with Gasteiger partial charge >= 0.3 is 5.97 Å². The molecule has 1 fully saturated rings. The molecule has 26 heavy (non-hydrogen) atoms. The minimum Gasteiger partial charge on any atom is -0.427 e. The summed E-state index contributed by atoms with van der Waals surface area (Å²) in [6.45, 7) is 5.61. The number of aromatic nitrogens is 1. The molecule has 0 saturated carbocycles. The molecule has 6 nitrogen and oxygen atoms in total. The lowest BCUT2D eigenvalue weighted by Gasteiger charge is -2.32. The van der Waals surface area contributed by atoms with Gasteiger partial charge in [0.25, 0.3) is 5.91 Å². The van der Waals surface area contributed by atoms with Crippen molar-refractivity contribution in [2.45, 2.75) is 45.7 Å². The van der Waals surface area contributed by atoms with Crippen LogP contribution in [0.25, 0.3) is 0 Å². The van der Waals surface area contributed by atoms with Crippen LogP contribution in [0.15, 0.2) is 30.5 Å². The van der Waals surface area contributed by atoms with Gasteiger partial charge in [0.2, 0.25) is 0 Å². The zero-order chi connectivity index (χ0) is 18.5. The van der Waals surface area contributed by atoms with Crippen molar-refractivity contribution in [3.63, 3.8) is 0 Å². The van der Waals surface area contributed by atoms with Crippen LogP contribution in [0, 0.1) is 0 Å². The summed E-state index contributed by atoms with van der Waals surface area (Å²) in [6.07, 6.45) is 5.63. The van der Waals surface area contributed by atoms with Crippen molar-refractivity contribution in [2.75, 3.05) is 11.9 Å². The molecule has 2 heterocycles. The molecule has 0 radical (unpaired) electrons. The van der Waals surface area contributed by atoms with Crippen LogP contribution in [0.5, 0.6) is 5.75 Å². The van der Waals surface area contributed by atoms with E-state index in [1.807, 2.05) is 6.20 Å². The summed E-state index contributed by atoms with van der Waals surface area (Å²) in [5, 5.41) is 3.43. The molecule has 1 aromatic heterocycles. The predicted molar refractivity (Wildman–Crippen MR) is 102 cm³/mol. The second-order valence-electron chi connectivity index (χ2n) is 6.52. The van der Waals surface area contributed by atoms with Gasteiger partial charge in [-0.3, -0.25) is 19.8 Å². The van der Waals surface area contributed by atoms with Crippen molar-refractivity contribution in [2.24, 2.45) is 0 Å². The highest BCUT2D eigenvalue weighted by Crippen LogP contribution is 2.24. The number of carbonyl (C=O) groups excluding carboxylic acids is 2. The minimum absolute atomic E-state index is 0.230. The fourth-order valence-electron chi connectivity index (χ4n) is 3.04. The number of nitrogens with zero attached hydrogens (tertiary/aromatic N) is 2. The molecule has 0 bridgehead atoms. The SMILES string of the molecule is CC(=O)Oc1ccc(C(=O)Nc2ncc(CN3CCCCC3C)s2)cc1. The molecular weight excluding hydrogens is 350 g/mol. The van der Waals surface area contributed by atoms with Crippen molar-refractivity contribution in [3.05, 3.63) is 40.9 Å². The highest BCUT2D eigenvalue weighted by molar-refractivity contribution is 7.15. The van der Waals surface area contributed by atoms with E-state index in [0.717, 1.165) is 18.0 Å². The fraction of sp³-hybridized carbons (Fsp3) is 0.421. The third-order valence-corrected chi connectivity index (χ3v) is 5.35. The zero-order valence-electron chi connectivity index (χ0n) is 15.0. The number of nitrogens with one attached hydrogen (secondary N) is 1. The van der Waals surface area contributed by atoms with E-state index in [-0.39, 0.29) is 11.9 Å². The lowest BCUT2D eigenvalue weighted by atomic mass is 10.0. The molecule has 1 aromatic carbocycles. The van der Waals surface area contributed by atoms with Crippen LogP contribution in [0.1, 0.15) is 48.3 Å². The van der Waals surface area contributed by atoms with Gasteiger partial charge in [-0.2, -0.15) is 0 Å². The van der Waals surface area contributed by atoms with Crippen LogP contribution in [0.4, 0.5) is 5.13 Å². The highest BCUT2D eigenvalue weighted by atomic mass is 32.1. The van der Waals surface area contributed by atoms with E-state index < -0.39 is 0 Å². The molecule has 1 aliphatic heterocycles. The average molecular weight is 373 g/mol. The standard InChI is InChI=1S/C19H23N3O3S/c1-13-5-3-4-10-22(13)12-17-11-20-19(26-17)21-18(24)15-6-8-16(9-7-15)25-14(2)23/h6-9,11,13H,3-5,10,12H2,1-2H3,(H,20,21,24). The number of anilines is 1. The summed E-state index contributed by atoms with van der Waals surface area (Å²) in [5.41, 5.74) is 0.488. The molecule has 3 rings (SSSR count). The Morgan fingerprint density at radius 2 is 2.08 bits per heavy atom. The summed E-state index contributed by atoms with van der Waals surface area (Å²) < 4.78 is 4.97. The quantitative estimate of drug-likeness (QED) is 0.639. The minimum atomic E-state index is -0.388. The van der Waals surface area contributed by atoms with Crippen molar-refractivity contribution in [3.8, 4) is 5.75 Å². The van der Waals surface area contributed by atoms with Gasteiger partial charge < -0.3 is 4.74 Å². The number of hydrogen-bond donors (Lipinski definition) is 1. The van der Waals surface area contributed by atoms with E-state index >= 15 is 0 Å². The van der Waals surface area contributed by atoms with Gasteiger partial charge in [0.05, 0.1) is 0 Å². The number of carbonyl (C=O) groups is 2. The van der Waals surface area contributed by atoms with Crippen LogP contribution in [0.2, 0.25) is 0 Å². The number of thiazole rings is 1. The topological polar surface area (TPSA) is 71.5 Å². The van der Waals surface area contributed by atoms with Gasteiger partial charge in [0.15, 0.2) is 5.13 Å². The van der Waals surface area contributed by atoms with E-state index in [9.17, 15) is 9.59 Å². The smallest absolute Gasteiger partial charge is 0.308 e. The number of piperidine rings is 1. The van der Waals surface area contributed by atoms with Gasteiger partial charge in [0, 0.05) is 36.1 Å². The van der Waals surface area contributed by atoms with Gasteiger partial charge in [0.1, 0.15) is 5.75 Å². The van der Waals surface area contributed by atoms with Crippen molar-refractivity contribution in [1.29, 1.82) is 0 Å². The number of likely N-dealkylation sites (tertiary alicyclic amines) is 1. The molecular formula is C19H23N3O3S. The van der Waals surface area contributed by atoms with E-state index in [4.69, 9.17) is 4.74 Å². The molecule has 1 atom stereocenters. The molecule has 0 spiro atoms. The summed E-state index contributed by atoms with van der Waals surface area (Å²) in [6, 6.07) is 7.04. The van der Waals surface area contributed by atoms with E-state index in [0.29, 0.717) is 22.5 Å². The lowest BCUT2D eigenvalue weighted by molar-refractivity contribution is -0.131. The average Bonchev–Trinajstić information content (AvgIpc) is 3.04. The number of esters is 1.